The number of imide groups is 1. The van der Waals surface area contributed by atoms with E-state index >= 15 is 0 Å². The molecule has 2 N–H and O–H groups in total. The van der Waals surface area contributed by atoms with Crippen LogP contribution in [0.15, 0.2) is 90.2 Å². The van der Waals surface area contributed by atoms with Crippen LogP contribution < -0.4 is 10.1 Å². The number of hydrogen-bond donors (Lipinski definition) is 2. The van der Waals surface area contributed by atoms with Crippen LogP contribution in [0.3, 0.4) is 0 Å². The minimum Gasteiger partial charge on any atom is -0.493 e. The van der Waals surface area contributed by atoms with Crippen LogP contribution >= 0.6 is 11.6 Å². The molecule has 0 bridgehead atoms. The molecule has 0 aromatic heterocycles. The molecule has 2 aliphatic rings. The Bertz CT molecular complexity index is 2770. The second-order valence-electron chi connectivity index (χ2n) is 24.3. The van der Waals surface area contributed by atoms with Crippen molar-refractivity contribution >= 4 is 51.2 Å². The topological polar surface area (TPSA) is 118 Å². The van der Waals surface area contributed by atoms with Crippen LogP contribution in [0.1, 0.15) is 293 Å². The number of amides is 3. The number of nitrogens with one attached hydrogen (secondary N) is 1. The molecule has 1 saturated heterocycles. The molecule has 12 heteroatoms. The number of ether oxygens (including phenoxy) is 3. The van der Waals surface area contributed by atoms with Crippen molar-refractivity contribution in [1.29, 1.82) is 0 Å². The molecule has 2 heterocycles. The van der Waals surface area contributed by atoms with Crippen LogP contribution in [-0.4, -0.2) is 78.0 Å². The lowest BCUT2D eigenvalue weighted by molar-refractivity contribution is -0.200. The van der Waals surface area contributed by atoms with E-state index in [1.165, 1.54) is 107 Å². The molecule has 6 rings (SSSR count). The fourth-order valence-corrected chi connectivity index (χ4v) is 11.1. The summed E-state index contributed by atoms with van der Waals surface area (Å²) in [4.78, 5) is 39.5. The first kappa shape index (κ1) is 89.7. The van der Waals surface area contributed by atoms with Gasteiger partial charge in [0.05, 0.1) is 6.61 Å². The molecule has 3 amide bonds. The van der Waals surface area contributed by atoms with E-state index in [0.29, 0.717) is 43.7 Å². The Morgan fingerprint density at radius 1 is 0.763 bits per heavy atom. The average molecular weight is 1320 g/mol. The molecule has 2 atom stereocenters. The summed E-state index contributed by atoms with van der Waals surface area (Å²) in [6.45, 7) is 57.4. The lowest BCUT2D eigenvalue weighted by atomic mass is 9.85. The number of aliphatic hydroxyl groups excluding tert-OH is 1. The van der Waals surface area contributed by atoms with Gasteiger partial charge in [-0.25, -0.2) is 4.39 Å². The molecular weight excluding hydrogens is 1180 g/mol. The van der Waals surface area contributed by atoms with Crippen molar-refractivity contribution < 1.29 is 38.1 Å². The number of benzene rings is 4. The van der Waals surface area contributed by atoms with E-state index in [9.17, 15) is 23.9 Å². The van der Waals surface area contributed by atoms with Gasteiger partial charge in [-0.2, -0.15) is 0 Å². The van der Waals surface area contributed by atoms with Gasteiger partial charge in [0.25, 0.3) is 5.91 Å². The third-order valence-corrected chi connectivity index (χ3v) is 16.3. The van der Waals surface area contributed by atoms with Gasteiger partial charge in [-0.1, -0.05) is 237 Å². The van der Waals surface area contributed by atoms with Crippen molar-refractivity contribution in [3.8, 4) is 5.75 Å². The number of fused-ring (bicyclic) bond motifs is 2. The maximum absolute atomic E-state index is 13.8. The highest BCUT2D eigenvalue weighted by Gasteiger charge is 2.39. The van der Waals surface area contributed by atoms with Crippen LogP contribution in [0.5, 0.6) is 5.75 Å². The minimum absolute atomic E-state index is 0.109. The summed E-state index contributed by atoms with van der Waals surface area (Å²) in [6.07, 6.45) is 17.1. The van der Waals surface area contributed by atoms with Crippen LogP contribution in [0.2, 0.25) is 5.02 Å². The smallest absolute Gasteiger partial charge is 0.255 e. The van der Waals surface area contributed by atoms with Crippen molar-refractivity contribution in [3.63, 3.8) is 0 Å². The molecule has 0 spiro atoms. The van der Waals surface area contributed by atoms with E-state index in [1.54, 1.807) is 17.0 Å². The first-order valence-electron chi connectivity index (χ1n) is 36.1. The summed E-state index contributed by atoms with van der Waals surface area (Å²) in [7, 11) is 0. The number of allylic oxidation sites excluding steroid dienone is 4. The standard InChI is InChI=1S/C39H50ClFO4.C14H14N2O3.C14H31N.2C4H10.3C2H6/c1-10-25(4)30(11-2)37-26(5)32(20-21-35(37)40)34(31(12-3)27(6)44-24-45-38(42)39(7,8)9)16-14-22-43-36-17-13-15-28-23-29(41)18-19-33(28)36;1-8-2-3-10-9(6-8)7-16(14(10)19)11-4-5-12(17)15-13(11)18;1-5-9-14(10-6-2)13-15(11-7-3)12-8-4;2*1-3-4-2;3*1-2/h13,15,17-21,23,38,42H,6,10-12,14,16,22,24H2,1-5,7-9H3;2-3,6,11H,4-5,7H2,1H3,(H,15,17,18);14H,5-13H2,1-4H3;2*3-4H2,1-2H3;3*1-2H3/b30-25+,34-31+;;;;;;;. The molecular formula is C81H133ClFN3O7. The Labute approximate surface area is 573 Å². The largest absolute Gasteiger partial charge is 0.493 e. The Hall–Kier alpha value is -5.33. The van der Waals surface area contributed by atoms with Gasteiger partial charge in [0.15, 0.2) is 13.1 Å². The molecule has 0 saturated carbocycles. The van der Waals surface area contributed by atoms with E-state index in [4.69, 9.17) is 25.8 Å². The number of aliphatic hydroxyl groups is 1. The number of rotatable bonds is 28. The third-order valence-electron chi connectivity index (χ3n) is 16.0. The van der Waals surface area contributed by atoms with E-state index in [-0.39, 0.29) is 36.8 Å². The Morgan fingerprint density at radius 3 is 1.88 bits per heavy atom. The van der Waals surface area contributed by atoms with Gasteiger partial charge in [-0.3, -0.25) is 19.7 Å². The van der Waals surface area contributed by atoms with Crippen molar-refractivity contribution in [2.75, 3.05) is 33.0 Å². The van der Waals surface area contributed by atoms with Crippen molar-refractivity contribution in [2.45, 2.75) is 287 Å². The van der Waals surface area contributed by atoms with Gasteiger partial charge in [-0.15, -0.1) is 0 Å². The first-order chi connectivity index (χ1) is 44.5. The van der Waals surface area contributed by atoms with Gasteiger partial charge in [0.1, 0.15) is 23.4 Å². The lowest BCUT2D eigenvalue weighted by Crippen LogP contribution is -2.52. The monoisotopic (exact) mass is 1310 g/mol. The van der Waals surface area contributed by atoms with Gasteiger partial charge >= 0.3 is 0 Å². The molecule has 0 radical (unpaired) electrons. The number of aryl methyl sites for hydroxylation is 1. The Balaban J connectivity index is 0. The van der Waals surface area contributed by atoms with E-state index in [0.717, 1.165) is 85.7 Å². The maximum Gasteiger partial charge on any atom is 0.255 e. The normalized spacial score (nSPS) is 14.0. The van der Waals surface area contributed by atoms with E-state index in [2.05, 4.69) is 113 Å². The molecule has 1 fully saturated rings. The molecule has 4 aromatic rings. The van der Waals surface area contributed by atoms with Gasteiger partial charge in [0, 0.05) is 40.9 Å². The second-order valence-corrected chi connectivity index (χ2v) is 24.7. The quantitative estimate of drug-likeness (QED) is 0.0190. The zero-order valence-corrected chi connectivity index (χ0v) is 63.9. The number of carbonyl (C=O) groups is 3. The molecule has 528 valence electrons. The van der Waals surface area contributed by atoms with Gasteiger partial charge in [-0.05, 0) is 185 Å². The fourth-order valence-electron chi connectivity index (χ4n) is 10.7. The van der Waals surface area contributed by atoms with Crippen molar-refractivity contribution in [3.05, 3.63) is 134 Å². The maximum atomic E-state index is 13.8. The number of unbranched alkanes of at least 4 members (excludes halogenated alkanes) is 2. The summed E-state index contributed by atoms with van der Waals surface area (Å²) >= 11 is 6.87. The second kappa shape index (κ2) is 51.9. The van der Waals surface area contributed by atoms with Crippen LogP contribution in [-0.2, 0) is 25.6 Å². The number of hydrogen-bond acceptors (Lipinski definition) is 8. The SMILES string of the molecule is C=C(OCOC(O)C(C)(C)C)/C(CC)=C(\CCCOc1cccc2cc(F)ccc12)c1ccc(Cl)c(/C(CC)=C(\C)CC)c1C.CC.CC.CC.CCCC.CCCC.CCCC(CCC)CN(CCC)CCC.Cc1ccc2c(c1)CN(C1CCC(=O)NC1=O)C2=O. The molecule has 4 aromatic carbocycles. The zero-order valence-electron chi connectivity index (χ0n) is 63.1. The van der Waals surface area contributed by atoms with Crippen LogP contribution in [0, 0.1) is 31.0 Å². The Morgan fingerprint density at radius 2 is 1.37 bits per heavy atom. The fraction of sp³-hybridized carbons (Fsp3) is 0.617. The summed E-state index contributed by atoms with van der Waals surface area (Å²) in [5.41, 5.74) is 10.3. The predicted molar refractivity (Wildman–Crippen MR) is 400 cm³/mol. The van der Waals surface area contributed by atoms with Crippen LogP contribution in [0.25, 0.3) is 21.9 Å². The number of nitrogens with zero attached hydrogens (tertiary/aromatic N) is 2. The Kier molecular flexibility index (Phi) is 50.1. The molecule has 2 aliphatic heterocycles. The molecule has 93 heavy (non-hydrogen) atoms. The number of carbonyl (C=O) groups excluding carboxylic acids is 3. The minimum atomic E-state index is -0.969. The highest BCUT2D eigenvalue weighted by Crippen LogP contribution is 2.40. The van der Waals surface area contributed by atoms with Crippen molar-refractivity contribution in [1.82, 2.24) is 15.1 Å². The van der Waals surface area contributed by atoms with Crippen LogP contribution in [0.4, 0.5) is 4.39 Å². The predicted octanol–water partition coefficient (Wildman–Crippen LogP) is 23.2. The average Bonchev–Trinajstić information content (AvgIpc) is 1.79. The number of piperidine rings is 1. The lowest BCUT2D eigenvalue weighted by Gasteiger charge is -2.29. The zero-order chi connectivity index (χ0) is 71.2. The van der Waals surface area contributed by atoms with Gasteiger partial charge < -0.3 is 29.1 Å². The summed E-state index contributed by atoms with van der Waals surface area (Å²) in [5.74, 6) is 1.17. The first-order valence-corrected chi connectivity index (χ1v) is 36.5. The third kappa shape index (κ3) is 31.9. The highest BCUT2D eigenvalue weighted by molar-refractivity contribution is 6.32. The van der Waals surface area contributed by atoms with E-state index in [1.807, 2.05) is 106 Å². The molecule has 2 unspecified atom stereocenters. The highest BCUT2D eigenvalue weighted by atomic mass is 35.5. The molecule has 0 aliphatic carbocycles. The van der Waals surface area contributed by atoms with Gasteiger partial charge in [0.2, 0.25) is 11.8 Å². The van der Waals surface area contributed by atoms with Crippen molar-refractivity contribution in [2.24, 2.45) is 11.3 Å². The molecule has 10 nitrogen and oxygen atoms in total. The summed E-state index contributed by atoms with van der Waals surface area (Å²) in [5, 5.41) is 15.1. The number of halogens is 2. The summed E-state index contributed by atoms with van der Waals surface area (Å²) in [6, 6.07) is 19.6. The summed E-state index contributed by atoms with van der Waals surface area (Å²) < 4.78 is 31.6. The van der Waals surface area contributed by atoms with E-state index < -0.39 is 17.7 Å².